The summed E-state index contributed by atoms with van der Waals surface area (Å²) in [4.78, 5) is 27.1. The quantitative estimate of drug-likeness (QED) is 0.730. The van der Waals surface area contributed by atoms with Crippen molar-refractivity contribution in [2.75, 3.05) is 6.61 Å². The Bertz CT molecular complexity index is 905. The van der Waals surface area contributed by atoms with E-state index in [2.05, 4.69) is 19.9 Å². The fraction of sp³-hybridized carbons (Fsp3) is 0.118. The molecular formula is C17H14N4O4. The van der Waals surface area contributed by atoms with Gasteiger partial charge < -0.3 is 14.6 Å². The smallest absolute Gasteiger partial charge is 0.338 e. The van der Waals surface area contributed by atoms with Gasteiger partial charge in [-0.15, -0.1) is 0 Å². The maximum Gasteiger partial charge on any atom is 0.338 e. The lowest BCUT2D eigenvalue weighted by molar-refractivity contribution is 0.0696. The molecule has 0 atom stereocenters. The Balaban J connectivity index is 1.83. The average Bonchev–Trinajstić information content (AvgIpc) is 2.67. The summed E-state index contributed by atoms with van der Waals surface area (Å²) in [7, 11) is 0. The van der Waals surface area contributed by atoms with Crippen LogP contribution in [0.5, 0.6) is 17.4 Å². The number of carboxylic acids is 1. The van der Waals surface area contributed by atoms with E-state index in [9.17, 15) is 4.79 Å². The zero-order chi connectivity index (χ0) is 18.4. The van der Waals surface area contributed by atoms with Crippen molar-refractivity contribution in [1.29, 1.82) is 0 Å². The first-order valence-electron chi connectivity index (χ1n) is 7.94. The van der Waals surface area contributed by atoms with Crippen LogP contribution >= 0.6 is 0 Å². The van der Waals surface area contributed by atoms with E-state index in [1.165, 1.54) is 18.6 Å². The van der Waals surface area contributed by atoms with Gasteiger partial charge in [-0.05, 0) is 25.1 Å². The van der Waals surface area contributed by atoms with Crippen molar-refractivity contribution in [3.63, 3.8) is 0 Å². The van der Waals surface area contributed by atoms with Gasteiger partial charge in [0.25, 0.3) is 5.88 Å². The Morgan fingerprint density at radius 3 is 2.84 bits per heavy atom. The number of hydrogen-bond acceptors (Lipinski definition) is 7. The topological polar surface area (TPSA) is 107 Å². The van der Waals surface area contributed by atoms with Crippen LogP contribution in [0.1, 0.15) is 18.6 Å². The van der Waals surface area contributed by atoms with Crippen molar-refractivity contribution >= 4 is 5.97 Å². The third-order valence-electron chi connectivity index (χ3n) is 3.08. The average molecular weight is 339 g/mol. The number of carboxylic acid groups (broad SMARTS) is 1. The number of rotatable bonds is 6. The number of carbonyl (C=O) groups is 1. The summed E-state index contributed by atoms with van der Waals surface area (Å²) in [6.45, 7) is 0.346. The molecule has 1 N–H and O–H groups in total. The summed E-state index contributed by atoms with van der Waals surface area (Å²) in [6, 6.07) is 5.06. The highest BCUT2D eigenvalue weighted by Crippen LogP contribution is 2.29. The van der Waals surface area contributed by atoms with E-state index in [0.717, 1.165) is 0 Å². The predicted octanol–water partition coefficient (Wildman–Crippen LogP) is 2.82. The van der Waals surface area contributed by atoms with Crippen molar-refractivity contribution in [2.24, 2.45) is 0 Å². The fourth-order valence-corrected chi connectivity index (χ4v) is 1.97. The Morgan fingerprint density at radius 2 is 2.08 bits per heavy atom. The van der Waals surface area contributed by atoms with E-state index in [1.807, 2.05) is 0 Å². The normalized spacial score (nSPS) is 10.8. The Hall–Kier alpha value is -3.55. The van der Waals surface area contributed by atoms with Crippen LogP contribution in [-0.4, -0.2) is 37.6 Å². The summed E-state index contributed by atoms with van der Waals surface area (Å²) in [5.41, 5.74) is 0.558. The summed E-state index contributed by atoms with van der Waals surface area (Å²) >= 11 is 0. The molecule has 3 aromatic rings. The molecule has 0 saturated heterocycles. The molecule has 0 unspecified atom stereocenters. The van der Waals surface area contributed by atoms with Gasteiger partial charge in [0.05, 0.1) is 18.4 Å². The van der Waals surface area contributed by atoms with Gasteiger partial charge in [0, 0.05) is 31.7 Å². The molecule has 25 heavy (non-hydrogen) atoms. The molecule has 126 valence electrons. The third-order valence-corrected chi connectivity index (χ3v) is 3.08. The van der Waals surface area contributed by atoms with Gasteiger partial charge in [-0.2, -0.15) is 0 Å². The van der Waals surface area contributed by atoms with Crippen LogP contribution in [-0.2, 0) is 0 Å². The maximum absolute atomic E-state index is 10.9. The lowest BCUT2D eigenvalue weighted by Crippen LogP contribution is -2.00. The van der Waals surface area contributed by atoms with Gasteiger partial charge in [0.2, 0.25) is 0 Å². The third kappa shape index (κ3) is 3.86. The summed E-state index contributed by atoms with van der Waals surface area (Å²) in [5.74, 6) is 0.291. The minimum Gasteiger partial charge on any atom is -0.488 e. The molecule has 0 amide bonds. The van der Waals surface area contributed by atoms with E-state index < -0.39 is 5.97 Å². The Kier molecular flexibility index (Phi) is 4.41. The van der Waals surface area contributed by atoms with Crippen molar-refractivity contribution < 1.29 is 20.7 Å². The predicted molar refractivity (Wildman–Crippen MR) is 87.7 cm³/mol. The van der Waals surface area contributed by atoms with Crippen molar-refractivity contribution in [3.8, 4) is 28.8 Å². The first kappa shape index (κ1) is 15.0. The molecule has 0 saturated carbocycles. The molecule has 3 aromatic heterocycles. The minimum absolute atomic E-state index is 0.00113. The van der Waals surface area contributed by atoms with Gasteiger partial charge in [-0.25, -0.2) is 19.7 Å². The minimum atomic E-state index is -1.10. The van der Waals surface area contributed by atoms with Gasteiger partial charge in [-0.1, -0.05) is 0 Å². The Morgan fingerprint density at radius 1 is 1.24 bits per heavy atom. The molecule has 3 rings (SSSR count). The monoisotopic (exact) mass is 339 g/mol. The maximum atomic E-state index is 10.9. The van der Waals surface area contributed by atoms with Gasteiger partial charge in [0.15, 0.2) is 11.6 Å². The van der Waals surface area contributed by atoms with Crippen molar-refractivity contribution in [3.05, 3.63) is 54.7 Å². The molecule has 8 nitrogen and oxygen atoms in total. The van der Waals surface area contributed by atoms with Crippen LogP contribution in [0.3, 0.4) is 0 Å². The van der Waals surface area contributed by atoms with Gasteiger partial charge >= 0.3 is 5.97 Å². The number of pyridine rings is 2. The van der Waals surface area contributed by atoms with E-state index >= 15 is 0 Å². The number of aromatic nitrogens is 4. The number of hydrogen-bond donors (Lipinski definition) is 1. The molecular weight excluding hydrogens is 324 g/mol. The van der Waals surface area contributed by atoms with E-state index in [0.29, 0.717) is 22.9 Å². The van der Waals surface area contributed by atoms with Gasteiger partial charge in [0.1, 0.15) is 5.75 Å². The standard InChI is InChI=1S/C17H14N4O4/c1-2-24-14-4-3-5-19-16(14)25-13-6-11(7-18-10-13)15-20-8-12(9-21-15)17(22)23/h3-10H,2H2,1H3,(H,22,23)/i1D. The number of aromatic carboxylic acids is 1. The highest BCUT2D eigenvalue weighted by Gasteiger charge is 2.10. The molecule has 0 bridgehead atoms. The SMILES string of the molecule is [2H]CCOc1cccnc1Oc1cncc(-c2ncc(C(=O)O)cn2)c1. The zero-order valence-electron chi connectivity index (χ0n) is 14.0. The van der Waals surface area contributed by atoms with Crippen LogP contribution < -0.4 is 9.47 Å². The Labute approximate surface area is 144 Å². The molecule has 0 spiro atoms. The molecule has 8 heteroatoms. The van der Waals surface area contributed by atoms with Gasteiger partial charge in [-0.3, -0.25) is 4.98 Å². The summed E-state index contributed by atoms with van der Waals surface area (Å²) in [5, 5.41) is 8.90. The fourth-order valence-electron chi connectivity index (χ4n) is 1.97. The highest BCUT2D eigenvalue weighted by molar-refractivity contribution is 5.86. The van der Waals surface area contributed by atoms with Crippen LogP contribution in [0.4, 0.5) is 0 Å². The lowest BCUT2D eigenvalue weighted by Gasteiger charge is -2.10. The first-order chi connectivity index (χ1) is 12.7. The lowest BCUT2D eigenvalue weighted by atomic mass is 10.2. The van der Waals surface area contributed by atoms with Crippen LogP contribution in [0, 0.1) is 0 Å². The second kappa shape index (κ2) is 7.35. The first-order valence-corrected chi connectivity index (χ1v) is 7.23. The molecule has 3 heterocycles. The molecule has 0 aliphatic heterocycles. The molecule has 0 radical (unpaired) electrons. The second-order valence-electron chi connectivity index (χ2n) is 4.77. The van der Waals surface area contributed by atoms with Crippen LogP contribution in [0.15, 0.2) is 49.2 Å². The van der Waals surface area contributed by atoms with Crippen LogP contribution in [0.25, 0.3) is 11.4 Å². The highest BCUT2D eigenvalue weighted by atomic mass is 16.5. The zero-order valence-corrected chi connectivity index (χ0v) is 13.0. The molecule has 0 aliphatic carbocycles. The van der Waals surface area contributed by atoms with E-state index in [4.69, 9.17) is 16.0 Å². The molecule has 0 aromatic carbocycles. The largest absolute Gasteiger partial charge is 0.488 e. The van der Waals surface area contributed by atoms with Crippen LogP contribution in [0.2, 0.25) is 0 Å². The molecule has 0 fully saturated rings. The number of nitrogens with zero attached hydrogens (tertiary/aromatic N) is 4. The van der Waals surface area contributed by atoms with Crippen molar-refractivity contribution in [2.45, 2.75) is 6.90 Å². The summed E-state index contributed by atoms with van der Waals surface area (Å²) < 4.78 is 18.3. The van der Waals surface area contributed by atoms with Crippen molar-refractivity contribution in [1.82, 2.24) is 19.9 Å². The number of ether oxygens (including phenoxy) is 2. The van der Waals surface area contributed by atoms with E-state index in [-0.39, 0.29) is 25.0 Å². The summed E-state index contributed by atoms with van der Waals surface area (Å²) in [6.07, 6.45) is 7.05. The second-order valence-corrected chi connectivity index (χ2v) is 4.77. The van der Waals surface area contributed by atoms with E-state index in [1.54, 1.807) is 30.6 Å². The molecule has 0 aliphatic rings.